The van der Waals surface area contributed by atoms with Crippen LogP contribution in [0.4, 0.5) is 5.95 Å². The molecule has 0 spiro atoms. The first-order valence-electron chi connectivity index (χ1n) is 9.99. The van der Waals surface area contributed by atoms with Gasteiger partial charge in [-0.25, -0.2) is 9.97 Å². The monoisotopic (exact) mass is 503 g/mol. The Balaban J connectivity index is 0.00000392. The van der Waals surface area contributed by atoms with E-state index in [1.165, 1.54) is 19.3 Å². The molecule has 158 valence electrons. The van der Waals surface area contributed by atoms with Crippen LogP contribution in [-0.4, -0.2) is 73.1 Å². The molecule has 8 nitrogen and oxygen atoms in total. The third kappa shape index (κ3) is 8.57. The Morgan fingerprint density at radius 2 is 1.75 bits per heavy atom. The molecule has 2 heterocycles. The first-order valence-corrected chi connectivity index (χ1v) is 9.99. The number of nitrogens with zero attached hydrogens (tertiary/aromatic N) is 5. The van der Waals surface area contributed by atoms with Gasteiger partial charge >= 0.3 is 0 Å². The molecule has 0 radical (unpaired) electrons. The molecule has 2 rings (SSSR count). The second kappa shape index (κ2) is 14.4. The van der Waals surface area contributed by atoms with Crippen molar-refractivity contribution < 1.29 is 4.79 Å². The molecule has 1 fully saturated rings. The van der Waals surface area contributed by atoms with Crippen molar-refractivity contribution >= 4 is 41.8 Å². The lowest BCUT2D eigenvalue weighted by Gasteiger charge is -2.34. The molecule has 1 amide bonds. The van der Waals surface area contributed by atoms with Gasteiger partial charge in [0.1, 0.15) is 0 Å². The van der Waals surface area contributed by atoms with Crippen LogP contribution in [-0.2, 0) is 4.79 Å². The van der Waals surface area contributed by atoms with Gasteiger partial charge in [-0.2, -0.15) is 0 Å². The van der Waals surface area contributed by atoms with Crippen LogP contribution in [0.1, 0.15) is 39.0 Å². The molecular weight excluding hydrogens is 469 g/mol. The van der Waals surface area contributed by atoms with E-state index in [2.05, 4.69) is 37.4 Å². The minimum atomic E-state index is 0. The van der Waals surface area contributed by atoms with Gasteiger partial charge in [0.05, 0.1) is 0 Å². The van der Waals surface area contributed by atoms with E-state index in [0.717, 1.165) is 38.0 Å². The van der Waals surface area contributed by atoms with Crippen LogP contribution in [0.5, 0.6) is 0 Å². The Hall–Kier alpha value is -1.65. The van der Waals surface area contributed by atoms with E-state index in [0.29, 0.717) is 26.1 Å². The SMILES string of the molecule is CCCCCCNC(=NC)NCCC(=O)N1CCN(c2ncccn2)CC1.I. The third-order valence-electron chi connectivity index (χ3n) is 4.65. The van der Waals surface area contributed by atoms with Crippen molar-refractivity contribution in [2.24, 2.45) is 4.99 Å². The maximum atomic E-state index is 12.4. The van der Waals surface area contributed by atoms with E-state index in [1.54, 1.807) is 19.4 Å². The molecule has 0 aliphatic carbocycles. The van der Waals surface area contributed by atoms with E-state index >= 15 is 0 Å². The fourth-order valence-corrected chi connectivity index (χ4v) is 3.04. The van der Waals surface area contributed by atoms with Gasteiger partial charge < -0.3 is 20.4 Å². The zero-order valence-electron chi connectivity index (χ0n) is 17.1. The highest BCUT2D eigenvalue weighted by molar-refractivity contribution is 14.0. The van der Waals surface area contributed by atoms with Crippen LogP contribution in [0.2, 0.25) is 0 Å². The molecule has 1 aromatic rings. The van der Waals surface area contributed by atoms with E-state index in [4.69, 9.17) is 0 Å². The normalized spacial score (nSPS) is 14.4. The molecule has 1 saturated heterocycles. The molecule has 0 unspecified atom stereocenters. The highest BCUT2D eigenvalue weighted by atomic mass is 127. The van der Waals surface area contributed by atoms with Gasteiger partial charge in [-0.1, -0.05) is 26.2 Å². The second-order valence-corrected chi connectivity index (χ2v) is 6.65. The van der Waals surface area contributed by atoms with Gasteiger partial charge in [0.25, 0.3) is 0 Å². The summed E-state index contributed by atoms with van der Waals surface area (Å²) in [5.74, 6) is 1.68. The summed E-state index contributed by atoms with van der Waals surface area (Å²) in [6, 6.07) is 1.81. The summed E-state index contributed by atoms with van der Waals surface area (Å²) in [5, 5.41) is 6.52. The van der Waals surface area contributed by atoms with Crippen molar-refractivity contribution in [2.75, 3.05) is 51.2 Å². The highest BCUT2D eigenvalue weighted by Gasteiger charge is 2.22. The molecule has 0 aromatic carbocycles. The first-order chi connectivity index (χ1) is 13.2. The molecule has 0 saturated carbocycles. The number of aromatic nitrogens is 2. The molecule has 1 aromatic heterocycles. The van der Waals surface area contributed by atoms with Crippen LogP contribution in [0.25, 0.3) is 0 Å². The summed E-state index contributed by atoms with van der Waals surface area (Å²) < 4.78 is 0. The minimum absolute atomic E-state index is 0. The lowest BCUT2D eigenvalue weighted by molar-refractivity contribution is -0.131. The van der Waals surface area contributed by atoms with E-state index < -0.39 is 0 Å². The van der Waals surface area contributed by atoms with Gasteiger partial charge in [-0.05, 0) is 12.5 Å². The summed E-state index contributed by atoms with van der Waals surface area (Å²) in [7, 11) is 1.76. The number of nitrogens with one attached hydrogen (secondary N) is 2. The Morgan fingerprint density at radius 3 is 2.39 bits per heavy atom. The predicted octanol–water partition coefficient (Wildman–Crippen LogP) is 1.88. The average molecular weight is 503 g/mol. The Labute approximate surface area is 185 Å². The number of amides is 1. The lowest BCUT2D eigenvalue weighted by atomic mass is 10.2. The maximum Gasteiger partial charge on any atom is 0.225 e. The van der Waals surface area contributed by atoms with Gasteiger partial charge in [-0.3, -0.25) is 9.79 Å². The molecule has 1 aliphatic heterocycles. The number of anilines is 1. The second-order valence-electron chi connectivity index (χ2n) is 6.65. The minimum Gasteiger partial charge on any atom is -0.356 e. The first kappa shape index (κ1) is 24.4. The number of carbonyl (C=O) groups is 1. The summed E-state index contributed by atoms with van der Waals surface area (Å²) >= 11 is 0. The molecular formula is C19H34IN7O. The standard InChI is InChI=1S/C19H33N7O.HI/c1-3-4-5-6-9-21-18(20-2)22-12-8-17(27)25-13-15-26(16-14-25)19-23-10-7-11-24-19;/h7,10-11H,3-6,8-9,12-16H2,1-2H3,(H2,20,21,22);1H. The zero-order valence-corrected chi connectivity index (χ0v) is 19.4. The largest absolute Gasteiger partial charge is 0.356 e. The smallest absolute Gasteiger partial charge is 0.225 e. The number of carbonyl (C=O) groups excluding carboxylic acids is 1. The molecule has 2 N–H and O–H groups in total. The summed E-state index contributed by atoms with van der Waals surface area (Å²) in [5.41, 5.74) is 0. The van der Waals surface area contributed by atoms with Crippen LogP contribution < -0.4 is 15.5 Å². The van der Waals surface area contributed by atoms with Crippen molar-refractivity contribution in [1.29, 1.82) is 0 Å². The zero-order chi connectivity index (χ0) is 19.3. The topological polar surface area (TPSA) is 85.8 Å². The van der Waals surface area contributed by atoms with Crippen LogP contribution >= 0.6 is 24.0 Å². The Bertz CT molecular complexity index is 577. The Morgan fingerprint density at radius 1 is 1.07 bits per heavy atom. The summed E-state index contributed by atoms with van der Waals surface area (Å²) in [6.45, 7) is 6.67. The maximum absolute atomic E-state index is 12.4. The number of rotatable bonds is 9. The van der Waals surface area contributed by atoms with Crippen LogP contribution in [0.15, 0.2) is 23.5 Å². The molecule has 1 aliphatic rings. The fraction of sp³-hybridized carbons (Fsp3) is 0.684. The fourth-order valence-electron chi connectivity index (χ4n) is 3.04. The number of piperazine rings is 1. The lowest BCUT2D eigenvalue weighted by Crippen LogP contribution is -2.50. The quantitative estimate of drug-likeness (QED) is 0.232. The van der Waals surface area contributed by atoms with Crippen molar-refractivity contribution in [2.45, 2.75) is 39.0 Å². The van der Waals surface area contributed by atoms with Crippen molar-refractivity contribution in [3.63, 3.8) is 0 Å². The number of aliphatic imine (C=N–C) groups is 1. The van der Waals surface area contributed by atoms with Crippen molar-refractivity contribution in [3.8, 4) is 0 Å². The number of halogens is 1. The molecule has 0 bridgehead atoms. The van der Waals surface area contributed by atoms with Gasteiger partial charge in [-0.15, -0.1) is 24.0 Å². The number of unbranched alkanes of at least 4 members (excludes halogenated alkanes) is 3. The van der Waals surface area contributed by atoms with Crippen molar-refractivity contribution in [1.82, 2.24) is 25.5 Å². The summed E-state index contributed by atoms with van der Waals surface area (Å²) in [6.07, 6.45) is 8.85. The van der Waals surface area contributed by atoms with Crippen LogP contribution in [0.3, 0.4) is 0 Å². The van der Waals surface area contributed by atoms with E-state index in [1.807, 2.05) is 11.0 Å². The van der Waals surface area contributed by atoms with E-state index in [9.17, 15) is 4.79 Å². The van der Waals surface area contributed by atoms with Gasteiger partial charge in [0.15, 0.2) is 5.96 Å². The molecule has 28 heavy (non-hydrogen) atoms. The number of hydrogen-bond acceptors (Lipinski definition) is 5. The highest BCUT2D eigenvalue weighted by Crippen LogP contribution is 2.10. The van der Waals surface area contributed by atoms with Crippen LogP contribution in [0, 0.1) is 0 Å². The van der Waals surface area contributed by atoms with E-state index in [-0.39, 0.29) is 29.9 Å². The van der Waals surface area contributed by atoms with Gasteiger partial charge in [0.2, 0.25) is 11.9 Å². The molecule has 0 atom stereocenters. The van der Waals surface area contributed by atoms with Crippen molar-refractivity contribution in [3.05, 3.63) is 18.5 Å². The predicted molar refractivity (Wildman–Crippen MR) is 124 cm³/mol. The Kier molecular flexibility index (Phi) is 12.5. The number of guanidine groups is 1. The van der Waals surface area contributed by atoms with Gasteiger partial charge in [0, 0.05) is 65.1 Å². The average Bonchev–Trinajstić information content (AvgIpc) is 2.73. The summed E-state index contributed by atoms with van der Waals surface area (Å²) in [4.78, 5) is 29.2. The third-order valence-corrected chi connectivity index (χ3v) is 4.65. The molecule has 9 heteroatoms. The number of hydrogen-bond donors (Lipinski definition) is 2.